The molecule has 34 heavy (non-hydrogen) atoms. The molecule has 1 N–H and O–H groups in total. The van der Waals surface area contributed by atoms with E-state index in [0.717, 1.165) is 17.2 Å². The third kappa shape index (κ3) is 4.69. The molecular formula is C23H24F4N2O4S. The van der Waals surface area contributed by atoms with Crippen LogP contribution in [-0.4, -0.2) is 62.2 Å². The summed E-state index contributed by atoms with van der Waals surface area (Å²) in [6, 6.07) is 6.22. The summed E-state index contributed by atoms with van der Waals surface area (Å²) < 4.78 is 90.1. The SMILES string of the molecule is CC1(C(=O)N2CC(F)(F)[C@H](NS(C)(=O)=O)[C@@H]2Cc2cccc(-c3cccc(F)c3)c2F)CCO1. The van der Waals surface area contributed by atoms with Crippen molar-refractivity contribution in [1.29, 1.82) is 0 Å². The van der Waals surface area contributed by atoms with Crippen LogP contribution in [-0.2, 0) is 26.0 Å². The van der Waals surface area contributed by atoms with Crippen LogP contribution >= 0.6 is 0 Å². The number of carbonyl (C=O) groups excluding carboxylic acids is 1. The zero-order chi connectivity index (χ0) is 24.9. The average molecular weight is 501 g/mol. The molecule has 11 heteroatoms. The number of nitrogens with zero attached hydrogens (tertiary/aromatic N) is 1. The van der Waals surface area contributed by atoms with Crippen LogP contribution in [0.3, 0.4) is 0 Å². The van der Waals surface area contributed by atoms with E-state index in [4.69, 9.17) is 4.74 Å². The van der Waals surface area contributed by atoms with Crippen molar-refractivity contribution >= 4 is 15.9 Å². The molecule has 1 unspecified atom stereocenters. The molecule has 6 nitrogen and oxygen atoms in total. The molecule has 0 aromatic heterocycles. The van der Waals surface area contributed by atoms with Crippen molar-refractivity contribution in [3.05, 3.63) is 59.7 Å². The molecule has 1 amide bonds. The quantitative estimate of drug-likeness (QED) is 0.619. The fourth-order valence-electron chi connectivity index (χ4n) is 4.47. The van der Waals surface area contributed by atoms with Crippen molar-refractivity contribution in [1.82, 2.24) is 9.62 Å². The van der Waals surface area contributed by atoms with E-state index in [0.29, 0.717) is 13.0 Å². The maximum Gasteiger partial charge on any atom is 0.283 e. The smallest absolute Gasteiger partial charge is 0.283 e. The number of halogens is 4. The minimum atomic E-state index is -4.08. The lowest BCUT2D eigenvalue weighted by Crippen LogP contribution is -2.58. The number of sulfonamides is 1. The van der Waals surface area contributed by atoms with Gasteiger partial charge in [-0.1, -0.05) is 30.3 Å². The molecule has 4 rings (SSSR count). The lowest BCUT2D eigenvalue weighted by molar-refractivity contribution is -0.183. The third-order valence-corrected chi connectivity index (χ3v) is 7.00. The Hall–Kier alpha value is -2.50. The van der Waals surface area contributed by atoms with Crippen molar-refractivity contribution in [3.8, 4) is 11.1 Å². The van der Waals surface area contributed by atoms with Crippen LogP contribution in [0, 0.1) is 11.6 Å². The lowest BCUT2D eigenvalue weighted by atomic mass is 9.92. The highest BCUT2D eigenvalue weighted by Gasteiger charge is 2.59. The molecular weight excluding hydrogens is 476 g/mol. The van der Waals surface area contributed by atoms with E-state index >= 15 is 13.2 Å². The van der Waals surface area contributed by atoms with Crippen LogP contribution in [0.5, 0.6) is 0 Å². The molecule has 0 bridgehead atoms. The predicted octanol–water partition coefficient (Wildman–Crippen LogP) is 3.12. The van der Waals surface area contributed by atoms with E-state index in [1.165, 1.54) is 43.3 Å². The first-order valence-corrected chi connectivity index (χ1v) is 12.5. The Morgan fingerprint density at radius 2 is 1.88 bits per heavy atom. The van der Waals surface area contributed by atoms with Gasteiger partial charge in [-0.3, -0.25) is 4.79 Å². The molecule has 0 spiro atoms. The number of amides is 1. The highest BCUT2D eigenvalue weighted by molar-refractivity contribution is 7.88. The van der Waals surface area contributed by atoms with Gasteiger partial charge in [0.1, 0.15) is 23.3 Å². The van der Waals surface area contributed by atoms with Gasteiger partial charge in [0.15, 0.2) is 0 Å². The molecule has 2 heterocycles. The minimum Gasteiger partial charge on any atom is -0.365 e. The van der Waals surface area contributed by atoms with E-state index in [1.54, 1.807) is 0 Å². The van der Waals surface area contributed by atoms with Gasteiger partial charge >= 0.3 is 0 Å². The number of carbonyl (C=O) groups is 1. The van der Waals surface area contributed by atoms with Gasteiger partial charge in [0.25, 0.3) is 11.8 Å². The van der Waals surface area contributed by atoms with E-state index in [9.17, 15) is 17.6 Å². The Morgan fingerprint density at radius 3 is 2.47 bits per heavy atom. The van der Waals surface area contributed by atoms with Gasteiger partial charge in [0.2, 0.25) is 10.0 Å². The van der Waals surface area contributed by atoms with Crippen molar-refractivity contribution in [2.75, 3.05) is 19.4 Å². The lowest BCUT2D eigenvalue weighted by Gasteiger charge is -2.41. The number of ether oxygens (including phenoxy) is 1. The van der Waals surface area contributed by atoms with Crippen LogP contribution in [0.25, 0.3) is 11.1 Å². The zero-order valence-electron chi connectivity index (χ0n) is 18.5. The molecule has 2 aliphatic heterocycles. The van der Waals surface area contributed by atoms with Gasteiger partial charge in [0, 0.05) is 12.0 Å². The monoisotopic (exact) mass is 500 g/mol. The normalized spacial score (nSPS) is 26.4. The second-order valence-electron chi connectivity index (χ2n) is 8.95. The number of nitrogens with one attached hydrogen (secondary N) is 1. The molecule has 2 aromatic carbocycles. The summed E-state index contributed by atoms with van der Waals surface area (Å²) in [7, 11) is -4.08. The minimum absolute atomic E-state index is 0.0118. The summed E-state index contributed by atoms with van der Waals surface area (Å²) in [4.78, 5) is 14.0. The highest BCUT2D eigenvalue weighted by atomic mass is 32.2. The van der Waals surface area contributed by atoms with E-state index in [1.807, 2.05) is 4.72 Å². The topological polar surface area (TPSA) is 75.7 Å². The molecule has 0 radical (unpaired) electrons. The molecule has 0 saturated carbocycles. The first-order chi connectivity index (χ1) is 15.8. The number of likely N-dealkylation sites (tertiary alicyclic amines) is 1. The third-order valence-electron chi connectivity index (χ3n) is 6.32. The number of alkyl halides is 2. The van der Waals surface area contributed by atoms with E-state index in [-0.39, 0.29) is 23.1 Å². The second kappa shape index (κ2) is 8.62. The van der Waals surface area contributed by atoms with Gasteiger partial charge in [-0.25, -0.2) is 30.7 Å². The van der Waals surface area contributed by atoms with Crippen molar-refractivity contribution in [3.63, 3.8) is 0 Å². The molecule has 2 aliphatic rings. The standard InChI is InChI=1S/C23H24F4N2O4S/c1-22(9-10-33-22)21(30)29-13-23(26,27)20(28-34(2,31)32)18(29)12-15-6-4-8-17(19(15)25)14-5-3-7-16(24)11-14/h3-8,11,18,20,28H,9-10,12-13H2,1-2H3/t18-,20+,22?/m0/s1. The van der Waals surface area contributed by atoms with Crippen LogP contribution in [0.15, 0.2) is 42.5 Å². The average Bonchev–Trinajstić information content (AvgIpc) is 2.96. The number of rotatable bonds is 6. The Bertz CT molecular complexity index is 1220. The first kappa shape index (κ1) is 24.6. The van der Waals surface area contributed by atoms with Crippen molar-refractivity contribution < 1.29 is 35.5 Å². The van der Waals surface area contributed by atoms with Gasteiger partial charge < -0.3 is 9.64 Å². The van der Waals surface area contributed by atoms with Crippen LogP contribution in [0.4, 0.5) is 17.6 Å². The number of hydrogen-bond donors (Lipinski definition) is 1. The summed E-state index contributed by atoms with van der Waals surface area (Å²) in [6.45, 7) is 0.747. The fraction of sp³-hybridized carbons (Fsp3) is 0.435. The van der Waals surface area contributed by atoms with Crippen LogP contribution < -0.4 is 4.72 Å². The fourth-order valence-corrected chi connectivity index (χ4v) is 5.26. The molecule has 184 valence electrons. The summed E-state index contributed by atoms with van der Waals surface area (Å²) >= 11 is 0. The Morgan fingerprint density at radius 1 is 1.21 bits per heavy atom. The summed E-state index contributed by atoms with van der Waals surface area (Å²) in [6.07, 6.45) is 0.680. The van der Waals surface area contributed by atoms with E-state index in [2.05, 4.69) is 0 Å². The van der Waals surface area contributed by atoms with Crippen LogP contribution in [0.1, 0.15) is 18.9 Å². The largest absolute Gasteiger partial charge is 0.365 e. The molecule has 3 atom stereocenters. The maximum atomic E-state index is 15.5. The van der Waals surface area contributed by atoms with Gasteiger partial charge in [-0.05, 0) is 36.6 Å². The van der Waals surface area contributed by atoms with Crippen molar-refractivity contribution in [2.45, 2.75) is 43.4 Å². The van der Waals surface area contributed by atoms with Crippen LogP contribution in [0.2, 0.25) is 0 Å². The molecule has 0 aliphatic carbocycles. The number of benzene rings is 2. The molecule has 2 saturated heterocycles. The van der Waals surface area contributed by atoms with Gasteiger partial charge in [-0.2, -0.15) is 0 Å². The Kier molecular flexibility index (Phi) is 6.24. The Labute approximate surface area is 194 Å². The van der Waals surface area contributed by atoms with Crippen molar-refractivity contribution in [2.24, 2.45) is 0 Å². The zero-order valence-corrected chi connectivity index (χ0v) is 19.3. The summed E-state index contributed by atoms with van der Waals surface area (Å²) in [5.41, 5.74) is -0.995. The summed E-state index contributed by atoms with van der Waals surface area (Å²) in [5.74, 6) is -5.64. The summed E-state index contributed by atoms with van der Waals surface area (Å²) in [5, 5.41) is 0. The van der Waals surface area contributed by atoms with E-state index < -0.39 is 57.7 Å². The predicted molar refractivity (Wildman–Crippen MR) is 117 cm³/mol. The molecule has 2 fully saturated rings. The first-order valence-electron chi connectivity index (χ1n) is 10.6. The number of hydrogen-bond acceptors (Lipinski definition) is 4. The highest BCUT2D eigenvalue weighted by Crippen LogP contribution is 2.39. The van der Waals surface area contributed by atoms with Gasteiger partial charge in [-0.15, -0.1) is 0 Å². The Balaban J connectivity index is 1.74. The van der Waals surface area contributed by atoms with Gasteiger partial charge in [0.05, 0.1) is 25.4 Å². The second-order valence-corrected chi connectivity index (χ2v) is 10.7. The maximum absolute atomic E-state index is 15.5. The molecule has 2 aromatic rings.